The van der Waals surface area contributed by atoms with Gasteiger partial charge in [-0.25, -0.2) is 8.42 Å². The molecular weight excluding hydrogens is 344 g/mol. The predicted octanol–water partition coefficient (Wildman–Crippen LogP) is 3.01. The molecule has 0 unspecified atom stereocenters. The topological polar surface area (TPSA) is 63.4 Å². The van der Waals surface area contributed by atoms with E-state index in [1.807, 2.05) is 30.3 Å². The van der Waals surface area contributed by atoms with E-state index in [-0.39, 0.29) is 11.8 Å². The van der Waals surface area contributed by atoms with Gasteiger partial charge >= 0.3 is 0 Å². The third-order valence-corrected chi connectivity index (χ3v) is 6.92. The largest absolute Gasteiger partial charge is 0.330 e. The maximum atomic E-state index is 13.0. The van der Waals surface area contributed by atoms with Crippen LogP contribution in [0.25, 0.3) is 0 Å². The summed E-state index contributed by atoms with van der Waals surface area (Å²) in [6.45, 7) is 3.13. The van der Waals surface area contributed by atoms with Crippen LogP contribution >= 0.6 is 11.6 Å². The van der Waals surface area contributed by atoms with E-state index in [0.29, 0.717) is 35.1 Å². The van der Waals surface area contributed by atoms with Crippen molar-refractivity contribution >= 4 is 21.6 Å². The summed E-state index contributed by atoms with van der Waals surface area (Å²) in [5, 5.41) is 0.537. The summed E-state index contributed by atoms with van der Waals surface area (Å²) in [7, 11) is -3.55. The van der Waals surface area contributed by atoms with Gasteiger partial charge in [0.2, 0.25) is 10.0 Å². The average molecular weight is 365 g/mol. The average Bonchev–Trinajstić information content (AvgIpc) is 3.00. The van der Waals surface area contributed by atoms with Crippen molar-refractivity contribution in [2.45, 2.75) is 17.7 Å². The highest BCUT2D eigenvalue weighted by Gasteiger charge is 2.39. The minimum absolute atomic E-state index is 0.120. The SMILES string of the molecule is Cc1cc(Cl)ccc1S(=O)(=O)N1C[C@@H](CN)[C@H](c2ccccc2)C1. The molecule has 1 aliphatic rings. The highest BCUT2D eigenvalue weighted by atomic mass is 35.5. The molecule has 24 heavy (non-hydrogen) atoms. The van der Waals surface area contributed by atoms with Gasteiger partial charge in [-0.3, -0.25) is 0 Å². The van der Waals surface area contributed by atoms with Crippen molar-refractivity contribution < 1.29 is 8.42 Å². The lowest BCUT2D eigenvalue weighted by atomic mass is 9.89. The fourth-order valence-corrected chi connectivity index (χ4v) is 5.34. The van der Waals surface area contributed by atoms with E-state index in [2.05, 4.69) is 0 Å². The van der Waals surface area contributed by atoms with Crippen molar-refractivity contribution in [3.05, 3.63) is 64.7 Å². The fourth-order valence-electron chi connectivity index (χ4n) is 3.39. The molecule has 1 heterocycles. The summed E-state index contributed by atoms with van der Waals surface area (Å²) in [5.41, 5.74) is 7.72. The van der Waals surface area contributed by atoms with E-state index in [9.17, 15) is 8.42 Å². The first-order valence-electron chi connectivity index (χ1n) is 7.95. The minimum atomic E-state index is -3.55. The van der Waals surface area contributed by atoms with Crippen molar-refractivity contribution in [3.8, 4) is 0 Å². The smallest absolute Gasteiger partial charge is 0.243 e. The first-order valence-corrected chi connectivity index (χ1v) is 9.76. The zero-order chi connectivity index (χ0) is 17.3. The normalized spacial score (nSPS) is 22.0. The standard InChI is InChI=1S/C18H21ClN2O2S/c1-13-9-16(19)7-8-18(13)24(22,23)21-11-15(10-20)17(12-21)14-5-3-2-4-6-14/h2-9,15,17H,10-12,20H2,1H3/t15-,17+/m1/s1. The Balaban J connectivity index is 1.92. The third-order valence-electron chi connectivity index (χ3n) is 4.69. The first-order chi connectivity index (χ1) is 11.4. The van der Waals surface area contributed by atoms with E-state index < -0.39 is 10.0 Å². The lowest BCUT2D eigenvalue weighted by Gasteiger charge is -2.18. The number of hydrogen-bond acceptors (Lipinski definition) is 3. The van der Waals surface area contributed by atoms with Crippen molar-refractivity contribution in [1.29, 1.82) is 0 Å². The number of halogens is 1. The monoisotopic (exact) mass is 364 g/mol. The van der Waals surface area contributed by atoms with Gasteiger partial charge in [0.25, 0.3) is 0 Å². The molecule has 0 aliphatic carbocycles. The van der Waals surface area contributed by atoms with Crippen molar-refractivity contribution in [2.24, 2.45) is 11.7 Å². The van der Waals surface area contributed by atoms with Gasteiger partial charge in [-0.1, -0.05) is 41.9 Å². The number of rotatable bonds is 4. The van der Waals surface area contributed by atoms with Crippen LogP contribution in [-0.4, -0.2) is 32.4 Å². The molecule has 4 nitrogen and oxygen atoms in total. The molecule has 2 aromatic carbocycles. The second kappa shape index (κ2) is 6.84. The Kier molecular flexibility index (Phi) is 4.97. The number of nitrogens with two attached hydrogens (primary N) is 1. The molecular formula is C18H21ClN2O2S. The molecule has 0 aromatic heterocycles. The second-order valence-electron chi connectivity index (χ2n) is 6.24. The number of benzene rings is 2. The Morgan fingerprint density at radius 1 is 1.17 bits per heavy atom. The van der Waals surface area contributed by atoms with Gasteiger partial charge in [0, 0.05) is 24.0 Å². The minimum Gasteiger partial charge on any atom is -0.330 e. The molecule has 1 saturated heterocycles. The van der Waals surface area contributed by atoms with Gasteiger partial charge in [-0.2, -0.15) is 4.31 Å². The lowest BCUT2D eigenvalue weighted by molar-refractivity contribution is 0.458. The van der Waals surface area contributed by atoms with Gasteiger partial charge < -0.3 is 5.73 Å². The Labute approximate surface area is 148 Å². The molecule has 0 bridgehead atoms. The third kappa shape index (κ3) is 3.22. The van der Waals surface area contributed by atoms with E-state index in [0.717, 1.165) is 5.56 Å². The highest BCUT2D eigenvalue weighted by Crippen LogP contribution is 2.35. The van der Waals surface area contributed by atoms with E-state index in [1.54, 1.807) is 29.4 Å². The molecule has 0 amide bonds. The van der Waals surface area contributed by atoms with E-state index >= 15 is 0 Å². The molecule has 3 rings (SSSR count). The molecule has 2 atom stereocenters. The van der Waals surface area contributed by atoms with Crippen LogP contribution in [0.4, 0.5) is 0 Å². The Hall–Kier alpha value is -1.40. The number of sulfonamides is 1. The van der Waals surface area contributed by atoms with Gasteiger partial charge in [-0.15, -0.1) is 0 Å². The van der Waals surface area contributed by atoms with Gasteiger partial charge in [0.1, 0.15) is 0 Å². The summed E-state index contributed by atoms with van der Waals surface area (Å²) in [4.78, 5) is 0.316. The molecule has 0 saturated carbocycles. The summed E-state index contributed by atoms with van der Waals surface area (Å²) in [6, 6.07) is 14.9. The van der Waals surface area contributed by atoms with Crippen molar-refractivity contribution in [1.82, 2.24) is 4.31 Å². The predicted molar refractivity (Wildman–Crippen MR) is 96.7 cm³/mol. The summed E-state index contributed by atoms with van der Waals surface area (Å²) in [5.74, 6) is 0.244. The molecule has 1 aliphatic heterocycles. The first kappa shape index (κ1) is 17.4. The van der Waals surface area contributed by atoms with Crippen molar-refractivity contribution in [3.63, 3.8) is 0 Å². The van der Waals surface area contributed by atoms with Crippen LogP contribution in [0.15, 0.2) is 53.4 Å². The van der Waals surface area contributed by atoms with Crippen LogP contribution in [-0.2, 0) is 10.0 Å². The molecule has 6 heteroatoms. The van der Waals surface area contributed by atoms with E-state index in [1.165, 1.54) is 0 Å². The summed E-state index contributed by atoms with van der Waals surface area (Å²) in [6.07, 6.45) is 0. The van der Waals surface area contributed by atoms with Crippen LogP contribution in [0.2, 0.25) is 5.02 Å². The molecule has 2 N–H and O–H groups in total. The zero-order valence-corrected chi connectivity index (χ0v) is 15.1. The molecule has 2 aromatic rings. The zero-order valence-electron chi connectivity index (χ0n) is 13.5. The Morgan fingerprint density at radius 3 is 2.50 bits per heavy atom. The fraction of sp³-hybridized carbons (Fsp3) is 0.333. The van der Waals surface area contributed by atoms with Crippen LogP contribution < -0.4 is 5.73 Å². The van der Waals surface area contributed by atoms with Crippen LogP contribution in [0, 0.1) is 12.8 Å². The molecule has 0 spiro atoms. The summed E-state index contributed by atoms with van der Waals surface area (Å²) >= 11 is 5.95. The van der Waals surface area contributed by atoms with Crippen LogP contribution in [0.1, 0.15) is 17.0 Å². The van der Waals surface area contributed by atoms with Crippen LogP contribution in [0.5, 0.6) is 0 Å². The van der Waals surface area contributed by atoms with Gasteiger partial charge in [-0.05, 0) is 48.7 Å². The van der Waals surface area contributed by atoms with E-state index in [4.69, 9.17) is 17.3 Å². The Bertz CT molecular complexity index is 824. The van der Waals surface area contributed by atoms with Crippen LogP contribution in [0.3, 0.4) is 0 Å². The maximum Gasteiger partial charge on any atom is 0.243 e. The molecule has 0 radical (unpaired) electrons. The lowest BCUT2D eigenvalue weighted by Crippen LogP contribution is -2.30. The van der Waals surface area contributed by atoms with Crippen molar-refractivity contribution in [2.75, 3.05) is 19.6 Å². The Morgan fingerprint density at radius 2 is 1.88 bits per heavy atom. The number of aryl methyl sites for hydroxylation is 1. The highest BCUT2D eigenvalue weighted by molar-refractivity contribution is 7.89. The number of hydrogen-bond donors (Lipinski definition) is 1. The van der Waals surface area contributed by atoms with Gasteiger partial charge in [0.05, 0.1) is 4.90 Å². The molecule has 128 valence electrons. The second-order valence-corrected chi connectivity index (χ2v) is 8.59. The summed E-state index contributed by atoms with van der Waals surface area (Å²) < 4.78 is 27.6. The maximum absolute atomic E-state index is 13.0. The molecule has 1 fully saturated rings. The number of nitrogens with zero attached hydrogens (tertiary/aromatic N) is 1. The van der Waals surface area contributed by atoms with Gasteiger partial charge in [0.15, 0.2) is 0 Å². The quantitative estimate of drug-likeness (QED) is 0.907.